The predicted octanol–water partition coefficient (Wildman–Crippen LogP) is 6.40. The Kier molecular flexibility index (Phi) is 9.48. The Morgan fingerprint density at radius 1 is 1.02 bits per heavy atom. The molecule has 0 aliphatic rings. The smallest absolute Gasteiger partial charge is 0.306 e. The lowest BCUT2D eigenvalue weighted by Crippen LogP contribution is -2.31. The third-order valence-electron chi connectivity index (χ3n) is 7.72. The van der Waals surface area contributed by atoms with Crippen molar-refractivity contribution in [3.05, 3.63) is 95.4 Å². The third kappa shape index (κ3) is 7.19. The molecule has 0 radical (unpaired) electrons. The number of carbonyl (C=O) groups excluding carboxylic acids is 2. The van der Waals surface area contributed by atoms with Crippen molar-refractivity contribution in [3.8, 4) is 22.9 Å². The van der Waals surface area contributed by atoms with Crippen molar-refractivity contribution in [2.24, 2.45) is 0 Å². The first-order valence-corrected chi connectivity index (χ1v) is 16.6. The second-order valence-corrected chi connectivity index (χ2v) is 13.2. The standard InChI is InChI=1S/C34H33F2N3O7S/c1-5-44-30(41)12-9-21-7-6-8-22(15-21)34(3,19-45-20(2)40)29-18-38-33(39-29)25-16-23(10-11-26(25)35)46-31-27(36)17-28-24(13-14-37-28)32(31)47(4,42)43/h6-8,10-11,13-18,37H,5,9,12,19H2,1-4H3,(H,38,39). The third-order valence-corrected chi connectivity index (χ3v) is 8.87. The molecule has 1 unspecified atom stereocenters. The zero-order chi connectivity index (χ0) is 33.9. The van der Waals surface area contributed by atoms with Crippen LogP contribution in [0.3, 0.4) is 0 Å². The van der Waals surface area contributed by atoms with Gasteiger partial charge in [-0.15, -0.1) is 0 Å². The molecule has 2 heterocycles. The highest BCUT2D eigenvalue weighted by Crippen LogP contribution is 2.39. The second kappa shape index (κ2) is 13.4. The van der Waals surface area contributed by atoms with Crippen molar-refractivity contribution in [1.29, 1.82) is 0 Å². The van der Waals surface area contributed by atoms with Crippen molar-refractivity contribution in [2.45, 2.75) is 43.9 Å². The summed E-state index contributed by atoms with van der Waals surface area (Å²) in [5.74, 6) is -2.86. The summed E-state index contributed by atoms with van der Waals surface area (Å²) in [4.78, 5) is 33.8. The van der Waals surface area contributed by atoms with Gasteiger partial charge in [-0.3, -0.25) is 9.59 Å². The molecular formula is C34H33F2N3O7S. The Bertz CT molecular complexity index is 2070. The number of benzene rings is 3. The van der Waals surface area contributed by atoms with E-state index in [9.17, 15) is 18.0 Å². The summed E-state index contributed by atoms with van der Waals surface area (Å²) in [6, 6.07) is 13.7. The first-order chi connectivity index (χ1) is 22.3. The molecule has 0 saturated heterocycles. The second-order valence-electron chi connectivity index (χ2n) is 11.2. The zero-order valence-electron chi connectivity index (χ0n) is 26.1. The Labute approximate surface area is 270 Å². The molecular weight excluding hydrogens is 632 g/mol. The van der Waals surface area contributed by atoms with E-state index in [1.165, 1.54) is 37.5 Å². The van der Waals surface area contributed by atoms with Crippen molar-refractivity contribution >= 4 is 32.7 Å². The summed E-state index contributed by atoms with van der Waals surface area (Å²) in [5, 5.41) is 0.249. The molecule has 5 aromatic rings. The molecule has 0 spiro atoms. The normalized spacial score (nSPS) is 12.9. The van der Waals surface area contributed by atoms with Gasteiger partial charge in [0.2, 0.25) is 0 Å². The lowest BCUT2D eigenvalue weighted by Gasteiger charge is -2.29. The summed E-state index contributed by atoms with van der Waals surface area (Å²) < 4.78 is 72.1. The minimum Gasteiger partial charge on any atom is -0.466 e. The van der Waals surface area contributed by atoms with Crippen LogP contribution in [-0.4, -0.2) is 54.8 Å². The minimum atomic E-state index is -3.94. The fourth-order valence-corrected chi connectivity index (χ4v) is 6.36. The minimum absolute atomic E-state index is 0.0317. The highest BCUT2D eigenvalue weighted by Gasteiger charge is 2.33. The highest BCUT2D eigenvalue weighted by atomic mass is 32.2. The fourth-order valence-electron chi connectivity index (χ4n) is 5.30. The largest absolute Gasteiger partial charge is 0.466 e. The maximum absolute atomic E-state index is 15.3. The average Bonchev–Trinajstić information content (AvgIpc) is 3.70. The van der Waals surface area contributed by atoms with Gasteiger partial charge in [-0.1, -0.05) is 24.3 Å². The lowest BCUT2D eigenvalue weighted by molar-refractivity contribution is -0.143. The van der Waals surface area contributed by atoms with Crippen LogP contribution in [0.15, 0.2) is 71.9 Å². The summed E-state index contributed by atoms with van der Waals surface area (Å²) in [5.41, 5.74) is 1.37. The Balaban J connectivity index is 1.50. The van der Waals surface area contributed by atoms with E-state index >= 15 is 8.78 Å². The van der Waals surface area contributed by atoms with E-state index in [4.69, 9.17) is 14.2 Å². The number of esters is 2. The van der Waals surface area contributed by atoms with E-state index in [1.54, 1.807) is 6.92 Å². The number of carbonyl (C=O) groups is 2. The van der Waals surface area contributed by atoms with Crippen molar-refractivity contribution in [2.75, 3.05) is 19.5 Å². The molecule has 3 aromatic carbocycles. The molecule has 0 bridgehead atoms. The molecule has 2 aromatic heterocycles. The number of rotatable bonds is 12. The zero-order valence-corrected chi connectivity index (χ0v) is 27.0. The first kappa shape index (κ1) is 33.3. The van der Waals surface area contributed by atoms with Crippen LogP contribution in [0.25, 0.3) is 22.3 Å². The number of aromatic amines is 2. The average molecular weight is 666 g/mol. The molecule has 0 amide bonds. The van der Waals surface area contributed by atoms with Crippen molar-refractivity contribution < 1.29 is 41.0 Å². The van der Waals surface area contributed by atoms with Crippen LogP contribution in [0, 0.1) is 11.6 Å². The van der Waals surface area contributed by atoms with Gasteiger partial charge in [0.05, 0.1) is 17.6 Å². The Morgan fingerprint density at radius 2 is 1.81 bits per heavy atom. The van der Waals surface area contributed by atoms with Crippen LogP contribution in [-0.2, 0) is 40.7 Å². The number of aromatic nitrogens is 3. The molecule has 0 fully saturated rings. The van der Waals surface area contributed by atoms with E-state index in [1.807, 2.05) is 31.2 Å². The van der Waals surface area contributed by atoms with Crippen LogP contribution in [0.2, 0.25) is 0 Å². The summed E-state index contributed by atoms with van der Waals surface area (Å²) in [7, 11) is -3.94. The van der Waals surface area contributed by atoms with Gasteiger partial charge >= 0.3 is 11.9 Å². The predicted molar refractivity (Wildman–Crippen MR) is 170 cm³/mol. The van der Waals surface area contributed by atoms with Crippen LogP contribution >= 0.6 is 0 Å². The highest BCUT2D eigenvalue weighted by molar-refractivity contribution is 7.91. The van der Waals surface area contributed by atoms with E-state index in [2.05, 4.69) is 15.0 Å². The van der Waals surface area contributed by atoms with E-state index in [0.29, 0.717) is 18.7 Å². The number of H-pyrrole nitrogens is 2. The Hall–Kier alpha value is -5.04. The maximum Gasteiger partial charge on any atom is 0.306 e. The van der Waals surface area contributed by atoms with E-state index in [0.717, 1.165) is 29.5 Å². The van der Waals surface area contributed by atoms with Gasteiger partial charge in [-0.25, -0.2) is 22.2 Å². The lowest BCUT2D eigenvalue weighted by atomic mass is 9.79. The van der Waals surface area contributed by atoms with Crippen LogP contribution in [0.5, 0.6) is 11.5 Å². The van der Waals surface area contributed by atoms with Gasteiger partial charge < -0.3 is 24.2 Å². The van der Waals surface area contributed by atoms with Gasteiger partial charge in [0, 0.05) is 54.7 Å². The summed E-state index contributed by atoms with van der Waals surface area (Å²) in [6.45, 7) is 5.08. The fraction of sp³-hybridized carbons (Fsp3) is 0.265. The topological polar surface area (TPSA) is 140 Å². The number of fused-ring (bicyclic) bond motifs is 1. The number of hydrogen-bond donors (Lipinski definition) is 2. The van der Waals surface area contributed by atoms with Gasteiger partial charge in [0.15, 0.2) is 21.4 Å². The quantitative estimate of drug-likeness (QED) is 0.146. The molecule has 0 saturated carbocycles. The number of halogens is 2. The molecule has 1 atom stereocenters. The van der Waals surface area contributed by atoms with Gasteiger partial charge in [0.1, 0.15) is 28.9 Å². The molecule has 0 aliphatic carbocycles. The van der Waals surface area contributed by atoms with Gasteiger partial charge in [-0.2, -0.15) is 0 Å². The Morgan fingerprint density at radius 3 is 2.53 bits per heavy atom. The maximum atomic E-state index is 15.3. The monoisotopic (exact) mass is 665 g/mol. The number of nitrogens with zero attached hydrogens (tertiary/aromatic N) is 1. The number of imidazole rings is 1. The van der Waals surface area contributed by atoms with Crippen LogP contribution < -0.4 is 4.74 Å². The molecule has 47 heavy (non-hydrogen) atoms. The van der Waals surface area contributed by atoms with Gasteiger partial charge in [0.25, 0.3) is 0 Å². The number of nitrogens with one attached hydrogen (secondary N) is 2. The molecule has 246 valence electrons. The van der Waals surface area contributed by atoms with E-state index in [-0.39, 0.29) is 51.9 Å². The van der Waals surface area contributed by atoms with Crippen LogP contribution in [0.1, 0.15) is 44.0 Å². The van der Waals surface area contributed by atoms with Crippen molar-refractivity contribution in [3.63, 3.8) is 0 Å². The molecule has 5 rings (SSSR count). The summed E-state index contributed by atoms with van der Waals surface area (Å²) >= 11 is 0. The SMILES string of the molecule is CCOC(=O)CCc1cccc(C(C)(COC(C)=O)c2cnc(-c3cc(Oc4c(F)cc5[nH]ccc5c4S(C)(=O)=O)ccc3F)[nH]2)c1. The molecule has 10 nitrogen and oxygen atoms in total. The van der Waals surface area contributed by atoms with E-state index < -0.39 is 38.6 Å². The number of aryl methyl sites for hydroxylation is 1. The van der Waals surface area contributed by atoms with Crippen molar-refractivity contribution in [1.82, 2.24) is 15.0 Å². The summed E-state index contributed by atoms with van der Waals surface area (Å²) in [6.07, 6.45) is 4.56. The number of ether oxygens (including phenoxy) is 3. The first-order valence-electron chi connectivity index (χ1n) is 14.7. The molecule has 2 N–H and O–H groups in total. The van der Waals surface area contributed by atoms with Gasteiger partial charge in [-0.05, 0) is 55.7 Å². The number of hydrogen-bond acceptors (Lipinski definition) is 8. The molecule has 13 heteroatoms. The van der Waals surface area contributed by atoms with Crippen LogP contribution in [0.4, 0.5) is 8.78 Å². The molecule has 0 aliphatic heterocycles. The number of sulfone groups is 1.